The van der Waals surface area contributed by atoms with Crippen LogP contribution >= 0.6 is 0 Å². The van der Waals surface area contributed by atoms with Crippen LogP contribution in [0.1, 0.15) is 23.7 Å². The topological polar surface area (TPSA) is 68.0 Å². The van der Waals surface area contributed by atoms with E-state index in [-0.39, 0.29) is 18.1 Å². The molecule has 1 heterocycles. The quantitative estimate of drug-likeness (QED) is 0.874. The second-order valence-corrected chi connectivity index (χ2v) is 4.46. The molecule has 0 aliphatic carbocycles. The van der Waals surface area contributed by atoms with E-state index in [0.29, 0.717) is 6.54 Å². The number of rotatable bonds is 5. The Hall–Kier alpha value is -2.27. The van der Waals surface area contributed by atoms with E-state index >= 15 is 0 Å². The number of benzene rings is 1. The molecule has 1 aromatic carbocycles. The molecule has 0 aliphatic rings. The summed E-state index contributed by atoms with van der Waals surface area (Å²) in [5, 5.41) is 2.76. The molecule has 1 aromatic heterocycles. The predicted octanol–water partition coefficient (Wildman–Crippen LogP) is 1.93. The van der Waals surface area contributed by atoms with Gasteiger partial charge in [0.1, 0.15) is 5.82 Å². The van der Waals surface area contributed by atoms with Gasteiger partial charge in [-0.25, -0.2) is 4.39 Å². The number of aromatic nitrogens is 1. The van der Waals surface area contributed by atoms with E-state index in [1.165, 1.54) is 12.1 Å². The van der Waals surface area contributed by atoms with Crippen LogP contribution in [0.15, 0.2) is 48.7 Å². The number of nitrogens with zero attached hydrogens (tertiary/aromatic N) is 1. The molecule has 4 nitrogen and oxygen atoms in total. The Morgan fingerprint density at radius 2 is 2.00 bits per heavy atom. The molecule has 104 valence electrons. The van der Waals surface area contributed by atoms with E-state index in [1.807, 2.05) is 18.2 Å². The van der Waals surface area contributed by atoms with E-state index < -0.39 is 6.04 Å². The Kier molecular flexibility index (Phi) is 4.79. The molecule has 0 saturated heterocycles. The van der Waals surface area contributed by atoms with Gasteiger partial charge < -0.3 is 11.1 Å². The van der Waals surface area contributed by atoms with Crippen LogP contribution in [0.2, 0.25) is 0 Å². The molecule has 2 aromatic rings. The van der Waals surface area contributed by atoms with Crippen LogP contribution < -0.4 is 11.1 Å². The third-order valence-electron chi connectivity index (χ3n) is 2.90. The lowest BCUT2D eigenvalue weighted by atomic mass is 10.0. The lowest BCUT2D eigenvalue weighted by Gasteiger charge is -2.12. The van der Waals surface area contributed by atoms with Crippen LogP contribution in [-0.2, 0) is 11.3 Å². The molecule has 1 amide bonds. The number of hydrogen-bond donors (Lipinski definition) is 2. The monoisotopic (exact) mass is 273 g/mol. The minimum atomic E-state index is -0.445. The summed E-state index contributed by atoms with van der Waals surface area (Å²) in [7, 11) is 0. The molecule has 1 atom stereocenters. The zero-order chi connectivity index (χ0) is 14.4. The number of nitrogens with two attached hydrogens (primary N) is 1. The first-order valence-electron chi connectivity index (χ1n) is 6.33. The van der Waals surface area contributed by atoms with Crippen LogP contribution in [0.4, 0.5) is 4.39 Å². The fourth-order valence-electron chi connectivity index (χ4n) is 1.79. The summed E-state index contributed by atoms with van der Waals surface area (Å²) in [6.07, 6.45) is 1.82. The van der Waals surface area contributed by atoms with Crippen molar-refractivity contribution in [2.24, 2.45) is 5.73 Å². The van der Waals surface area contributed by atoms with E-state index in [4.69, 9.17) is 5.73 Å². The maximum Gasteiger partial charge on any atom is 0.222 e. The Morgan fingerprint density at radius 3 is 2.65 bits per heavy atom. The maximum atomic E-state index is 12.8. The molecule has 0 unspecified atom stereocenters. The van der Waals surface area contributed by atoms with Gasteiger partial charge in [0.05, 0.1) is 12.2 Å². The van der Waals surface area contributed by atoms with Crippen LogP contribution in [0.25, 0.3) is 0 Å². The molecule has 5 heteroatoms. The van der Waals surface area contributed by atoms with Gasteiger partial charge in [-0.3, -0.25) is 9.78 Å². The SMILES string of the molecule is N[C@@H](CC(=O)NCc1ccccn1)c1ccc(F)cc1. The summed E-state index contributed by atoms with van der Waals surface area (Å²) < 4.78 is 12.8. The zero-order valence-corrected chi connectivity index (χ0v) is 10.9. The van der Waals surface area contributed by atoms with Crippen molar-refractivity contribution >= 4 is 5.91 Å². The second-order valence-electron chi connectivity index (χ2n) is 4.46. The maximum absolute atomic E-state index is 12.8. The van der Waals surface area contributed by atoms with Crippen molar-refractivity contribution in [2.45, 2.75) is 19.0 Å². The number of amides is 1. The second kappa shape index (κ2) is 6.77. The zero-order valence-electron chi connectivity index (χ0n) is 10.9. The average molecular weight is 273 g/mol. The first-order chi connectivity index (χ1) is 9.65. The van der Waals surface area contributed by atoms with Gasteiger partial charge in [-0.05, 0) is 29.8 Å². The fraction of sp³-hybridized carbons (Fsp3) is 0.200. The number of carbonyl (C=O) groups excluding carboxylic acids is 1. The average Bonchev–Trinajstić information content (AvgIpc) is 2.47. The molecule has 0 radical (unpaired) electrons. The van der Waals surface area contributed by atoms with Gasteiger partial charge in [0.15, 0.2) is 0 Å². The number of halogens is 1. The highest BCUT2D eigenvalue weighted by Gasteiger charge is 2.11. The Balaban J connectivity index is 1.83. The predicted molar refractivity (Wildman–Crippen MR) is 74.0 cm³/mol. The molecular formula is C15H16FN3O. The van der Waals surface area contributed by atoms with Gasteiger partial charge in [0.25, 0.3) is 0 Å². The van der Waals surface area contributed by atoms with Crippen LogP contribution in [-0.4, -0.2) is 10.9 Å². The summed E-state index contributed by atoms with van der Waals surface area (Å²) in [5.41, 5.74) is 7.44. The van der Waals surface area contributed by atoms with E-state index in [9.17, 15) is 9.18 Å². The van der Waals surface area contributed by atoms with E-state index in [2.05, 4.69) is 10.3 Å². The van der Waals surface area contributed by atoms with Crippen molar-refractivity contribution in [1.29, 1.82) is 0 Å². The fourth-order valence-corrected chi connectivity index (χ4v) is 1.79. The highest BCUT2D eigenvalue weighted by atomic mass is 19.1. The van der Waals surface area contributed by atoms with Gasteiger partial charge in [-0.15, -0.1) is 0 Å². The van der Waals surface area contributed by atoms with Gasteiger partial charge in [0.2, 0.25) is 5.91 Å². The molecular weight excluding hydrogens is 257 g/mol. The molecule has 0 aliphatic heterocycles. The van der Waals surface area contributed by atoms with Crippen LogP contribution in [0.5, 0.6) is 0 Å². The van der Waals surface area contributed by atoms with Crippen LogP contribution in [0, 0.1) is 5.82 Å². The van der Waals surface area contributed by atoms with Gasteiger partial charge in [-0.1, -0.05) is 18.2 Å². The largest absolute Gasteiger partial charge is 0.350 e. The summed E-state index contributed by atoms with van der Waals surface area (Å²) in [4.78, 5) is 15.9. The summed E-state index contributed by atoms with van der Waals surface area (Å²) >= 11 is 0. The first-order valence-corrected chi connectivity index (χ1v) is 6.33. The van der Waals surface area contributed by atoms with Gasteiger partial charge in [0, 0.05) is 18.7 Å². The van der Waals surface area contributed by atoms with Crippen molar-refractivity contribution < 1.29 is 9.18 Å². The normalized spacial score (nSPS) is 11.9. The first kappa shape index (κ1) is 14.1. The molecule has 20 heavy (non-hydrogen) atoms. The van der Waals surface area contributed by atoms with E-state index in [0.717, 1.165) is 11.3 Å². The van der Waals surface area contributed by atoms with Crippen molar-refractivity contribution in [3.05, 3.63) is 65.7 Å². The van der Waals surface area contributed by atoms with E-state index in [1.54, 1.807) is 18.3 Å². The number of nitrogens with one attached hydrogen (secondary N) is 1. The van der Waals surface area contributed by atoms with Crippen molar-refractivity contribution in [2.75, 3.05) is 0 Å². The molecule has 0 bridgehead atoms. The third kappa shape index (κ3) is 4.13. The Morgan fingerprint density at radius 1 is 1.25 bits per heavy atom. The molecule has 0 fully saturated rings. The van der Waals surface area contributed by atoms with Crippen molar-refractivity contribution in [1.82, 2.24) is 10.3 Å². The lowest BCUT2D eigenvalue weighted by molar-refractivity contribution is -0.121. The third-order valence-corrected chi connectivity index (χ3v) is 2.90. The van der Waals surface area contributed by atoms with Crippen LogP contribution in [0.3, 0.4) is 0 Å². The molecule has 3 N–H and O–H groups in total. The minimum absolute atomic E-state index is 0.151. The molecule has 0 spiro atoms. The van der Waals surface area contributed by atoms with Crippen molar-refractivity contribution in [3.63, 3.8) is 0 Å². The Bertz CT molecular complexity index is 557. The number of pyridine rings is 1. The molecule has 2 rings (SSSR count). The van der Waals surface area contributed by atoms with Crippen molar-refractivity contribution in [3.8, 4) is 0 Å². The standard InChI is InChI=1S/C15H16FN3O/c16-12-6-4-11(5-7-12)14(17)9-15(20)19-10-13-3-1-2-8-18-13/h1-8,14H,9-10,17H2,(H,19,20)/t14-/m0/s1. The minimum Gasteiger partial charge on any atom is -0.350 e. The molecule has 0 saturated carbocycles. The number of hydrogen-bond acceptors (Lipinski definition) is 3. The summed E-state index contributed by atoms with van der Waals surface area (Å²) in [6.45, 7) is 0.371. The Labute approximate surface area is 116 Å². The summed E-state index contributed by atoms with van der Waals surface area (Å²) in [5.74, 6) is -0.479. The highest BCUT2D eigenvalue weighted by molar-refractivity contribution is 5.76. The van der Waals surface area contributed by atoms with Gasteiger partial charge >= 0.3 is 0 Å². The smallest absolute Gasteiger partial charge is 0.222 e. The van der Waals surface area contributed by atoms with Gasteiger partial charge in [-0.2, -0.15) is 0 Å². The number of carbonyl (C=O) groups is 1. The summed E-state index contributed by atoms with van der Waals surface area (Å²) in [6, 6.07) is 10.9. The highest BCUT2D eigenvalue weighted by Crippen LogP contribution is 2.14. The lowest BCUT2D eigenvalue weighted by Crippen LogP contribution is -2.27.